The Balaban J connectivity index is 1.38. The minimum Gasteiger partial charge on any atom is -0.497 e. The highest BCUT2D eigenvalue weighted by Crippen LogP contribution is 2.34. The van der Waals surface area contributed by atoms with Crippen LogP contribution < -0.4 is 9.47 Å². The summed E-state index contributed by atoms with van der Waals surface area (Å²) in [4.78, 5) is 6.77. The van der Waals surface area contributed by atoms with Crippen molar-refractivity contribution in [2.75, 3.05) is 13.7 Å². The number of nitrogens with zero attached hydrogens (tertiary/aromatic N) is 3. The molecule has 1 unspecified atom stereocenters. The van der Waals surface area contributed by atoms with E-state index in [1.54, 1.807) is 19.2 Å². The summed E-state index contributed by atoms with van der Waals surface area (Å²) in [6.45, 7) is 1.74. The maximum Gasteiger partial charge on any atom is 0.240 e. The second-order valence-electron chi connectivity index (χ2n) is 6.75. The summed E-state index contributed by atoms with van der Waals surface area (Å²) >= 11 is 0. The summed E-state index contributed by atoms with van der Waals surface area (Å²) in [7, 11) is 1.68. The lowest BCUT2D eigenvalue weighted by Crippen LogP contribution is -2.23. The Morgan fingerprint density at radius 1 is 1.18 bits per heavy atom. The van der Waals surface area contributed by atoms with Crippen molar-refractivity contribution in [3.8, 4) is 11.5 Å². The molecule has 6 nitrogen and oxygen atoms in total. The molecule has 0 bridgehead atoms. The van der Waals surface area contributed by atoms with E-state index in [9.17, 15) is 4.39 Å². The van der Waals surface area contributed by atoms with E-state index in [-0.39, 0.29) is 12.4 Å². The van der Waals surface area contributed by atoms with Gasteiger partial charge in [-0.25, -0.2) is 4.39 Å². The quantitative estimate of drug-likeness (QED) is 0.611. The third kappa shape index (κ3) is 4.31. The summed E-state index contributed by atoms with van der Waals surface area (Å²) in [5.41, 5.74) is 1.23. The van der Waals surface area contributed by atoms with Crippen molar-refractivity contribution in [1.29, 1.82) is 0 Å². The zero-order valence-corrected chi connectivity index (χ0v) is 15.7. The molecule has 0 aliphatic carbocycles. The van der Waals surface area contributed by atoms with Crippen LogP contribution in [0, 0.1) is 5.82 Å². The third-order valence-electron chi connectivity index (χ3n) is 4.87. The van der Waals surface area contributed by atoms with Crippen LogP contribution in [-0.4, -0.2) is 28.7 Å². The number of methoxy groups -OCH3 is 1. The van der Waals surface area contributed by atoms with Gasteiger partial charge in [0.25, 0.3) is 0 Å². The van der Waals surface area contributed by atoms with Gasteiger partial charge < -0.3 is 14.0 Å². The molecule has 3 aromatic rings. The van der Waals surface area contributed by atoms with Crippen LogP contribution in [-0.2, 0) is 13.2 Å². The smallest absolute Gasteiger partial charge is 0.240 e. The van der Waals surface area contributed by atoms with Gasteiger partial charge in [-0.3, -0.25) is 4.90 Å². The highest BCUT2D eigenvalue weighted by atomic mass is 19.1. The first-order chi connectivity index (χ1) is 13.7. The number of aromatic nitrogens is 2. The number of hydrogen-bond acceptors (Lipinski definition) is 6. The molecule has 1 saturated heterocycles. The van der Waals surface area contributed by atoms with Gasteiger partial charge in [0, 0.05) is 6.04 Å². The Hall–Kier alpha value is -2.93. The van der Waals surface area contributed by atoms with Gasteiger partial charge in [0.2, 0.25) is 11.7 Å². The molecule has 0 amide bonds. The number of rotatable bonds is 7. The number of likely N-dealkylation sites (tertiary alicyclic amines) is 1. The zero-order valence-electron chi connectivity index (χ0n) is 15.7. The molecule has 1 aromatic heterocycles. The van der Waals surface area contributed by atoms with Crippen LogP contribution in [0.5, 0.6) is 11.5 Å². The largest absolute Gasteiger partial charge is 0.497 e. The Kier molecular flexibility index (Phi) is 5.53. The first-order valence-corrected chi connectivity index (χ1v) is 9.29. The van der Waals surface area contributed by atoms with Crippen molar-refractivity contribution in [2.45, 2.75) is 32.0 Å². The van der Waals surface area contributed by atoms with Crippen molar-refractivity contribution < 1.29 is 18.4 Å². The molecule has 146 valence electrons. The number of benzene rings is 2. The van der Waals surface area contributed by atoms with E-state index in [2.05, 4.69) is 27.2 Å². The van der Waals surface area contributed by atoms with E-state index < -0.39 is 0 Å². The molecular formula is C21H22FN3O3. The van der Waals surface area contributed by atoms with E-state index in [1.165, 1.54) is 17.7 Å². The molecule has 28 heavy (non-hydrogen) atoms. The monoisotopic (exact) mass is 383 g/mol. The highest BCUT2D eigenvalue weighted by Gasteiger charge is 2.27. The first-order valence-electron chi connectivity index (χ1n) is 9.29. The Bertz CT molecular complexity index is 913. The predicted octanol–water partition coefficient (Wildman–Crippen LogP) is 4.13. The second-order valence-corrected chi connectivity index (χ2v) is 6.75. The van der Waals surface area contributed by atoms with Gasteiger partial charge in [0.05, 0.1) is 13.7 Å². The van der Waals surface area contributed by atoms with Crippen LogP contribution in [0.2, 0.25) is 0 Å². The maximum atomic E-state index is 12.9. The Labute approximate surface area is 162 Å². The molecule has 0 spiro atoms. The van der Waals surface area contributed by atoms with Crippen molar-refractivity contribution in [3.05, 3.63) is 71.6 Å². The van der Waals surface area contributed by atoms with E-state index in [1.807, 2.05) is 12.1 Å². The average Bonchev–Trinajstić information content (AvgIpc) is 3.37. The Morgan fingerprint density at radius 3 is 2.86 bits per heavy atom. The molecule has 1 atom stereocenters. The van der Waals surface area contributed by atoms with Crippen LogP contribution in [0.1, 0.15) is 36.2 Å². The third-order valence-corrected chi connectivity index (χ3v) is 4.87. The molecule has 0 N–H and O–H groups in total. The van der Waals surface area contributed by atoms with E-state index in [0.29, 0.717) is 30.1 Å². The van der Waals surface area contributed by atoms with Gasteiger partial charge in [-0.1, -0.05) is 17.3 Å². The normalized spacial score (nSPS) is 17.0. The maximum absolute atomic E-state index is 12.9. The highest BCUT2D eigenvalue weighted by molar-refractivity contribution is 5.31. The molecule has 7 heteroatoms. The van der Waals surface area contributed by atoms with Gasteiger partial charge in [0.1, 0.15) is 17.3 Å². The van der Waals surface area contributed by atoms with Gasteiger partial charge in [-0.05, 0) is 61.3 Å². The van der Waals surface area contributed by atoms with Crippen molar-refractivity contribution in [1.82, 2.24) is 15.0 Å². The number of halogens is 1. The first kappa shape index (κ1) is 18.4. The fraction of sp³-hybridized carbons (Fsp3) is 0.333. The molecule has 0 radical (unpaired) electrons. The summed E-state index contributed by atoms with van der Waals surface area (Å²) in [5, 5.41) is 3.98. The zero-order chi connectivity index (χ0) is 19.3. The molecule has 1 fully saturated rings. The van der Waals surface area contributed by atoms with E-state index >= 15 is 0 Å². The second kappa shape index (κ2) is 8.39. The van der Waals surface area contributed by atoms with Gasteiger partial charge in [0.15, 0.2) is 6.61 Å². The average molecular weight is 383 g/mol. The van der Waals surface area contributed by atoms with Crippen LogP contribution in [0.4, 0.5) is 4.39 Å². The molecule has 2 aromatic carbocycles. The summed E-state index contributed by atoms with van der Waals surface area (Å²) < 4.78 is 29.2. The summed E-state index contributed by atoms with van der Waals surface area (Å²) in [6, 6.07) is 14.3. The predicted molar refractivity (Wildman–Crippen MR) is 100 cm³/mol. The van der Waals surface area contributed by atoms with Crippen LogP contribution in [0.3, 0.4) is 0 Å². The van der Waals surface area contributed by atoms with Gasteiger partial charge in [-0.15, -0.1) is 0 Å². The SMILES string of the molecule is COc1cccc(C2CCCN2Cc2nc(COc3ccc(F)cc3)no2)c1. The molecule has 0 saturated carbocycles. The van der Waals surface area contributed by atoms with Crippen LogP contribution in [0.15, 0.2) is 53.1 Å². The van der Waals surface area contributed by atoms with Crippen LogP contribution in [0.25, 0.3) is 0 Å². The summed E-state index contributed by atoms with van der Waals surface area (Å²) in [5.74, 6) is 2.15. The molecule has 1 aliphatic rings. The van der Waals surface area contributed by atoms with Crippen molar-refractivity contribution >= 4 is 0 Å². The summed E-state index contributed by atoms with van der Waals surface area (Å²) in [6.07, 6.45) is 2.21. The van der Waals surface area contributed by atoms with Gasteiger partial charge >= 0.3 is 0 Å². The molecule has 1 aliphatic heterocycles. The minimum absolute atomic E-state index is 0.175. The molecule has 4 rings (SSSR count). The number of ether oxygens (including phenoxy) is 2. The lowest BCUT2D eigenvalue weighted by molar-refractivity contribution is 0.211. The van der Waals surface area contributed by atoms with Crippen LogP contribution >= 0.6 is 0 Å². The minimum atomic E-state index is -0.301. The van der Waals surface area contributed by atoms with Gasteiger partial charge in [-0.2, -0.15) is 4.98 Å². The standard InChI is InChI=1S/C21H22FN3O3/c1-26-18-5-2-4-15(12-18)19-6-3-11-25(19)13-21-23-20(24-28-21)14-27-17-9-7-16(22)8-10-17/h2,4-5,7-10,12,19H,3,6,11,13-14H2,1H3. The van der Waals surface area contributed by atoms with E-state index in [0.717, 1.165) is 25.1 Å². The van der Waals surface area contributed by atoms with Crippen molar-refractivity contribution in [3.63, 3.8) is 0 Å². The van der Waals surface area contributed by atoms with E-state index in [4.69, 9.17) is 14.0 Å². The fourth-order valence-corrected chi connectivity index (χ4v) is 3.51. The Morgan fingerprint density at radius 2 is 2.04 bits per heavy atom. The topological polar surface area (TPSA) is 60.6 Å². The number of hydrogen-bond donors (Lipinski definition) is 0. The fourth-order valence-electron chi connectivity index (χ4n) is 3.51. The van der Waals surface area contributed by atoms with Crippen molar-refractivity contribution in [2.24, 2.45) is 0 Å². The molecule has 2 heterocycles. The lowest BCUT2D eigenvalue weighted by Gasteiger charge is -2.23. The molecular weight excluding hydrogens is 361 g/mol. The lowest BCUT2D eigenvalue weighted by atomic mass is 10.0.